The third-order valence-electron chi connectivity index (χ3n) is 14.5. The van der Waals surface area contributed by atoms with Crippen LogP contribution in [0, 0.1) is 23.7 Å². The molecule has 3 aromatic rings. The van der Waals surface area contributed by atoms with Gasteiger partial charge in [-0.15, -0.1) is 0 Å². The number of benzene rings is 2. The molecule has 11 atom stereocenters. The number of guanidine groups is 1. The first-order valence-electron chi connectivity index (χ1n) is 23.0. The number of aldehydes is 2. The van der Waals surface area contributed by atoms with Crippen LogP contribution < -0.4 is 22.1 Å². The molecule has 2 aromatic carbocycles. The highest BCUT2D eigenvalue weighted by Gasteiger charge is 2.47. The summed E-state index contributed by atoms with van der Waals surface area (Å²) in [5, 5.41) is 71.9. The number of rotatable bonds is 22. The van der Waals surface area contributed by atoms with E-state index in [1.165, 1.54) is 17.2 Å². The average molecular weight is 883 g/mol. The Morgan fingerprint density at radius 3 is 2.47 bits per heavy atom. The van der Waals surface area contributed by atoms with E-state index in [1.54, 1.807) is 6.20 Å². The number of aromatic amines is 1. The molecule has 0 amide bonds. The van der Waals surface area contributed by atoms with Crippen molar-refractivity contribution in [3.63, 3.8) is 0 Å². The van der Waals surface area contributed by atoms with Crippen molar-refractivity contribution in [2.45, 2.75) is 144 Å². The number of nitrogens with one attached hydrogen (secondary N) is 3. The van der Waals surface area contributed by atoms with Crippen LogP contribution in [0.3, 0.4) is 0 Å². The van der Waals surface area contributed by atoms with Gasteiger partial charge in [-0.3, -0.25) is 0 Å². The van der Waals surface area contributed by atoms with E-state index in [9.17, 15) is 45.0 Å². The monoisotopic (exact) mass is 882 g/mol. The second kappa shape index (κ2) is 20.9. The van der Waals surface area contributed by atoms with Crippen molar-refractivity contribution < 1.29 is 45.0 Å². The molecule has 3 aliphatic carbocycles. The number of aromatic nitrogens is 1. The molecule has 346 valence electrons. The van der Waals surface area contributed by atoms with Gasteiger partial charge in [-0.05, 0) is 139 Å². The second-order valence-electron chi connectivity index (χ2n) is 18.8. The first-order chi connectivity index (χ1) is 30.7. The standard InChI is InChI=1S/C49H66N6O9/c50-35(12-6-29(27-57)7-14-43(58)59)13-11-30-9-10-32-22-34-21-31-8-5-28(15-19-56)20-33(31)23-36(34)45(30)37(32)24-39(53-42-4-3-18-52-42)38(25-44(60)61)40-26-41(55-48(51)54-40)46(62)47(63)49(64)16-1-2-17-49/h3-5,8-10,18-21,23,25,27,29-30,32,35,37,39-41,43,45-47,52-53,58-59,62-64H,1-2,6-7,11-17,22,24,26,50H2,(H,60,61)(H3,51,54,55)/b38-25-/t29-,30+,32+,35+,37-,39+,40-,41+,45-,46-,47-/m0/s1. The van der Waals surface area contributed by atoms with Gasteiger partial charge in [0.25, 0.3) is 0 Å². The van der Waals surface area contributed by atoms with Gasteiger partial charge in [-0.1, -0.05) is 55.3 Å². The first kappa shape index (κ1) is 47.1. The highest BCUT2D eigenvalue weighted by molar-refractivity contribution is 5.86. The van der Waals surface area contributed by atoms with Gasteiger partial charge in [0.2, 0.25) is 0 Å². The lowest BCUT2D eigenvalue weighted by atomic mass is 9.58. The summed E-state index contributed by atoms with van der Waals surface area (Å²) in [6.07, 6.45) is 12.0. The number of fused-ring (bicyclic) bond motifs is 5. The summed E-state index contributed by atoms with van der Waals surface area (Å²) in [5.74, 6) is -0.645. The molecule has 15 nitrogen and oxygen atoms in total. The molecule has 0 unspecified atom stereocenters. The Morgan fingerprint density at radius 2 is 1.77 bits per heavy atom. The number of aliphatic hydroxyl groups is 5. The minimum absolute atomic E-state index is 0.00340. The van der Waals surface area contributed by atoms with E-state index in [0.717, 1.165) is 54.6 Å². The largest absolute Gasteiger partial charge is 0.478 e. The van der Waals surface area contributed by atoms with Crippen molar-refractivity contribution in [2.75, 3.05) is 5.32 Å². The van der Waals surface area contributed by atoms with Crippen LogP contribution in [0.25, 0.3) is 10.8 Å². The molecule has 2 heterocycles. The summed E-state index contributed by atoms with van der Waals surface area (Å²) in [6, 6.07) is 12.0. The molecule has 4 aliphatic rings. The highest BCUT2D eigenvalue weighted by Crippen LogP contribution is 2.53. The first-order valence-corrected chi connectivity index (χ1v) is 23.0. The predicted octanol–water partition coefficient (Wildman–Crippen LogP) is 3.72. The summed E-state index contributed by atoms with van der Waals surface area (Å²) in [4.78, 5) is 44.0. The van der Waals surface area contributed by atoms with Crippen LogP contribution in [0.4, 0.5) is 5.82 Å². The van der Waals surface area contributed by atoms with Crippen LogP contribution >= 0.6 is 0 Å². The molecule has 0 saturated heterocycles. The molecular weight excluding hydrogens is 817 g/mol. The minimum atomic E-state index is -1.46. The van der Waals surface area contributed by atoms with Gasteiger partial charge in [0.1, 0.15) is 30.6 Å². The zero-order valence-electron chi connectivity index (χ0n) is 36.3. The number of carboxylic acids is 1. The number of aliphatic imine (C=N–C) groups is 1. The lowest BCUT2D eigenvalue weighted by Gasteiger charge is -2.47. The number of allylic oxidation sites excluding steroid dienone is 2. The number of carbonyl (C=O) groups excluding carboxylic acids is 2. The number of aliphatic hydroxyl groups excluding tert-OH is 3. The van der Waals surface area contributed by atoms with Gasteiger partial charge in [0.15, 0.2) is 12.2 Å². The normalized spacial score (nSPS) is 26.3. The summed E-state index contributed by atoms with van der Waals surface area (Å²) in [7, 11) is 0. The van der Waals surface area contributed by atoms with Crippen molar-refractivity contribution in [1.82, 2.24) is 10.3 Å². The lowest BCUT2D eigenvalue weighted by Crippen LogP contribution is -2.60. The van der Waals surface area contributed by atoms with E-state index in [1.807, 2.05) is 18.2 Å². The van der Waals surface area contributed by atoms with E-state index < -0.39 is 48.2 Å². The molecule has 1 fully saturated rings. The Kier molecular flexibility index (Phi) is 15.4. The zero-order valence-corrected chi connectivity index (χ0v) is 36.3. The number of carbonyl (C=O) groups is 3. The summed E-state index contributed by atoms with van der Waals surface area (Å²) in [5.41, 5.74) is 15.5. The Balaban J connectivity index is 1.22. The van der Waals surface area contributed by atoms with Gasteiger partial charge in [-0.2, -0.15) is 0 Å². The van der Waals surface area contributed by atoms with Crippen LogP contribution in [0.1, 0.15) is 99.7 Å². The van der Waals surface area contributed by atoms with Crippen molar-refractivity contribution in [3.8, 4) is 0 Å². The Bertz CT molecular complexity index is 2170. The number of nitrogens with two attached hydrogens (primary N) is 2. The Morgan fingerprint density at radius 1 is 0.984 bits per heavy atom. The van der Waals surface area contributed by atoms with Gasteiger partial charge in [0, 0.05) is 30.7 Å². The van der Waals surface area contributed by atoms with Crippen molar-refractivity contribution in [1.29, 1.82) is 0 Å². The highest BCUT2D eigenvalue weighted by atomic mass is 16.5. The maximum absolute atomic E-state index is 12.8. The number of hydrogen-bond donors (Lipinski definition) is 11. The number of H-pyrrole nitrogens is 1. The van der Waals surface area contributed by atoms with Crippen LogP contribution in [0.5, 0.6) is 0 Å². The smallest absolute Gasteiger partial charge is 0.328 e. The molecule has 2 bridgehead atoms. The molecule has 13 N–H and O–H groups in total. The molecule has 0 spiro atoms. The van der Waals surface area contributed by atoms with E-state index in [2.05, 4.69) is 52.0 Å². The third-order valence-corrected chi connectivity index (χ3v) is 14.5. The van der Waals surface area contributed by atoms with Crippen molar-refractivity contribution in [3.05, 3.63) is 89.2 Å². The fourth-order valence-electron chi connectivity index (χ4n) is 11.1. The lowest BCUT2D eigenvalue weighted by molar-refractivity contribution is -0.131. The van der Waals surface area contributed by atoms with Crippen molar-refractivity contribution >= 4 is 41.1 Å². The second-order valence-corrected chi connectivity index (χ2v) is 18.8. The van der Waals surface area contributed by atoms with E-state index in [0.29, 0.717) is 62.8 Å². The minimum Gasteiger partial charge on any atom is -0.478 e. The van der Waals surface area contributed by atoms with Crippen LogP contribution in [-0.2, 0) is 27.2 Å². The molecule has 7 rings (SSSR count). The predicted molar refractivity (Wildman–Crippen MR) is 244 cm³/mol. The molecule has 1 saturated carbocycles. The third kappa shape index (κ3) is 11.1. The van der Waals surface area contributed by atoms with Gasteiger partial charge in [-0.25, -0.2) is 9.79 Å². The average Bonchev–Trinajstić information content (AvgIpc) is 3.96. The molecular formula is C49H66N6O9. The SMILES string of the molecule is NC1=N[C@H](/C(=C\C(=O)O)[C@@H](C[C@@H]2[C@@H]3c4cc5cc(CC=O)ccc5cc4C[C@H]2C=C[C@@H]3CC[C@H](N)CC[C@H](C=O)CCC(O)O)Nc2ccc[nH]2)C[C@H]([C@H](O)[C@H](O)C2(O)CCCC2)N1. The molecule has 15 heteroatoms. The Labute approximate surface area is 374 Å². The molecule has 1 aromatic heterocycles. The van der Waals surface area contributed by atoms with Gasteiger partial charge in [0.05, 0.1) is 23.7 Å². The summed E-state index contributed by atoms with van der Waals surface area (Å²) in [6.45, 7) is 0. The van der Waals surface area contributed by atoms with Gasteiger partial charge >= 0.3 is 5.97 Å². The van der Waals surface area contributed by atoms with E-state index in [-0.39, 0.29) is 54.4 Å². The number of aliphatic carboxylic acids is 1. The van der Waals surface area contributed by atoms with Crippen LogP contribution in [-0.4, -0.2) is 108 Å². The van der Waals surface area contributed by atoms with E-state index in [4.69, 9.17) is 16.5 Å². The fraction of sp³-hybridized carbons (Fsp3) is 0.551. The molecule has 0 radical (unpaired) electrons. The topological polar surface area (TPSA) is 277 Å². The zero-order chi connectivity index (χ0) is 45.5. The number of hydrogen-bond acceptors (Lipinski definition) is 13. The van der Waals surface area contributed by atoms with E-state index >= 15 is 0 Å². The van der Waals surface area contributed by atoms with Crippen molar-refractivity contribution in [2.24, 2.45) is 40.1 Å². The quantitative estimate of drug-likeness (QED) is 0.0298. The number of carboxylic acid groups (broad SMARTS) is 1. The van der Waals surface area contributed by atoms with Gasteiger partial charge < -0.3 is 67.3 Å². The maximum Gasteiger partial charge on any atom is 0.328 e. The van der Waals surface area contributed by atoms with Crippen LogP contribution in [0.15, 0.2) is 77.5 Å². The number of nitrogens with zero attached hydrogens (tertiary/aromatic N) is 1. The summed E-state index contributed by atoms with van der Waals surface area (Å²) < 4.78 is 0. The maximum atomic E-state index is 12.8. The Hall–Kier alpha value is -4.90. The number of anilines is 1. The van der Waals surface area contributed by atoms with Crippen LogP contribution in [0.2, 0.25) is 0 Å². The fourth-order valence-corrected chi connectivity index (χ4v) is 11.1. The molecule has 1 aliphatic heterocycles. The molecule has 64 heavy (non-hydrogen) atoms. The summed E-state index contributed by atoms with van der Waals surface area (Å²) >= 11 is 0.